The Kier molecular flexibility index (Phi) is 5.49. The van der Waals surface area contributed by atoms with Crippen LogP contribution in [0, 0.1) is 6.92 Å². The number of hydrogen-bond donors (Lipinski definition) is 1. The summed E-state index contributed by atoms with van der Waals surface area (Å²) in [5, 5.41) is 3.01. The molecule has 88 valence electrons. The predicted molar refractivity (Wildman–Crippen MR) is 68.7 cm³/mol. The maximum Gasteiger partial charge on any atom is 0.147 e. The fraction of sp³-hybridized carbons (Fsp3) is 0.500. The van der Waals surface area contributed by atoms with Gasteiger partial charge in [0.25, 0.3) is 0 Å². The Morgan fingerprint density at radius 1 is 1.56 bits per heavy atom. The lowest BCUT2D eigenvalue weighted by Crippen LogP contribution is -2.34. The predicted octanol–water partition coefficient (Wildman–Crippen LogP) is 1.80. The molecular formula is C12H18N2OS. The van der Waals surface area contributed by atoms with Gasteiger partial charge in [-0.1, -0.05) is 6.07 Å². The second-order valence-corrected chi connectivity index (χ2v) is 4.87. The van der Waals surface area contributed by atoms with E-state index in [2.05, 4.69) is 16.4 Å². The van der Waals surface area contributed by atoms with Gasteiger partial charge >= 0.3 is 0 Å². The number of aromatic nitrogens is 1. The van der Waals surface area contributed by atoms with Crippen molar-refractivity contribution in [1.82, 2.24) is 10.3 Å². The third-order valence-corrected chi connectivity index (χ3v) is 3.43. The number of aryl methyl sites for hydroxylation is 1. The van der Waals surface area contributed by atoms with E-state index in [1.165, 1.54) is 11.1 Å². The molecule has 1 aromatic rings. The lowest BCUT2D eigenvalue weighted by Gasteiger charge is -2.11. The standard InChI is InChI=1S/C12H18N2OS/c1-9-4-11(6-14-5-9)7-16-8-12(13-3)10(2)15/h4-6,12-13H,7-8H2,1-3H3. The summed E-state index contributed by atoms with van der Waals surface area (Å²) in [5.74, 6) is 1.90. The summed E-state index contributed by atoms with van der Waals surface area (Å²) in [7, 11) is 1.82. The molecule has 1 rings (SSSR count). The highest BCUT2D eigenvalue weighted by atomic mass is 32.2. The lowest BCUT2D eigenvalue weighted by atomic mass is 10.2. The quantitative estimate of drug-likeness (QED) is 0.820. The van der Waals surface area contributed by atoms with E-state index < -0.39 is 0 Å². The van der Waals surface area contributed by atoms with Crippen molar-refractivity contribution in [1.29, 1.82) is 0 Å². The van der Waals surface area contributed by atoms with Crippen LogP contribution in [0.3, 0.4) is 0 Å². The molecule has 0 spiro atoms. The Morgan fingerprint density at radius 2 is 2.31 bits per heavy atom. The Hall–Kier alpha value is -0.870. The van der Waals surface area contributed by atoms with Gasteiger partial charge in [0.15, 0.2) is 0 Å². The molecule has 1 aromatic heterocycles. The summed E-state index contributed by atoms with van der Waals surface area (Å²) in [6.07, 6.45) is 3.72. The maximum atomic E-state index is 11.2. The van der Waals surface area contributed by atoms with Crippen molar-refractivity contribution < 1.29 is 4.79 Å². The summed E-state index contributed by atoms with van der Waals surface area (Å²) >= 11 is 1.75. The molecule has 1 N–H and O–H groups in total. The van der Waals surface area contributed by atoms with Crippen LogP contribution in [0.2, 0.25) is 0 Å². The number of hydrogen-bond acceptors (Lipinski definition) is 4. The third-order valence-electron chi connectivity index (χ3n) is 2.32. The average molecular weight is 238 g/mol. The molecule has 0 bridgehead atoms. The van der Waals surface area contributed by atoms with Crippen molar-refractivity contribution in [2.75, 3.05) is 12.8 Å². The molecule has 4 heteroatoms. The minimum Gasteiger partial charge on any atom is -0.310 e. The number of likely N-dealkylation sites (N-methyl/N-ethyl adjacent to an activating group) is 1. The van der Waals surface area contributed by atoms with E-state index in [0.717, 1.165) is 11.5 Å². The summed E-state index contributed by atoms with van der Waals surface area (Å²) in [4.78, 5) is 15.3. The van der Waals surface area contributed by atoms with Crippen LogP contribution in [-0.4, -0.2) is 29.6 Å². The number of nitrogens with zero attached hydrogens (tertiary/aromatic N) is 1. The summed E-state index contributed by atoms with van der Waals surface area (Å²) in [6.45, 7) is 3.66. The zero-order valence-electron chi connectivity index (χ0n) is 9.99. The number of ketones is 1. The van der Waals surface area contributed by atoms with Crippen LogP contribution in [0.25, 0.3) is 0 Å². The van der Waals surface area contributed by atoms with Gasteiger partial charge < -0.3 is 5.32 Å². The molecule has 16 heavy (non-hydrogen) atoms. The number of thioether (sulfide) groups is 1. The highest BCUT2D eigenvalue weighted by molar-refractivity contribution is 7.98. The van der Waals surface area contributed by atoms with Crippen molar-refractivity contribution in [3.8, 4) is 0 Å². The Bertz CT molecular complexity index is 355. The van der Waals surface area contributed by atoms with Crippen LogP contribution in [0.5, 0.6) is 0 Å². The van der Waals surface area contributed by atoms with Gasteiger partial charge in [0.05, 0.1) is 6.04 Å². The van der Waals surface area contributed by atoms with Gasteiger partial charge in [-0.05, 0) is 32.0 Å². The fourth-order valence-corrected chi connectivity index (χ4v) is 2.54. The highest BCUT2D eigenvalue weighted by Crippen LogP contribution is 2.13. The van der Waals surface area contributed by atoms with Crippen LogP contribution in [0.1, 0.15) is 18.1 Å². The van der Waals surface area contributed by atoms with Gasteiger partial charge in [0, 0.05) is 23.9 Å². The largest absolute Gasteiger partial charge is 0.310 e. The van der Waals surface area contributed by atoms with E-state index in [4.69, 9.17) is 0 Å². The van der Waals surface area contributed by atoms with Crippen molar-refractivity contribution in [3.05, 3.63) is 29.6 Å². The number of rotatable bonds is 6. The van der Waals surface area contributed by atoms with E-state index in [9.17, 15) is 4.79 Å². The summed E-state index contributed by atoms with van der Waals surface area (Å²) < 4.78 is 0. The monoisotopic (exact) mass is 238 g/mol. The Labute approximate surface area is 101 Å². The SMILES string of the molecule is CNC(CSCc1cncc(C)c1)C(C)=O. The first-order chi connectivity index (χ1) is 7.63. The van der Waals surface area contributed by atoms with E-state index in [0.29, 0.717) is 0 Å². The van der Waals surface area contributed by atoms with E-state index in [1.807, 2.05) is 26.4 Å². The minimum absolute atomic E-state index is 0.0391. The highest BCUT2D eigenvalue weighted by Gasteiger charge is 2.10. The van der Waals surface area contributed by atoms with Crippen LogP contribution in [-0.2, 0) is 10.5 Å². The third kappa shape index (κ3) is 4.33. The molecule has 0 saturated carbocycles. The topological polar surface area (TPSA) is 42.0 Å². The second kappa shape index (κ2) is 6.66. The van der Waals surface area contributed by atoms with Crippen molar-refractivity contribution in [3.63, 3.8) is 0 Å². The van der Waals surface area contributed by atoms with Crippen LogP contribution in [0.4, 0.5) is 0 Å². The van der Waals surface area contributed by atoms with Gasteiger partial charge in [-0.2, -0.15) is 11.8 Å². The van der Waals surface area contributed by atoms with Gasteiger partial charge in [0.2, 0.25) is 0 Å². The normalized spacial score (nSPS) is 12.4. The maximum absolute atomic E-state index is 11.2. The van der Waals surface area contributed by atoms with E-state index >= 15 is 0 Å². The van der Waals surface area contributed by atoms with Crippen molar-refractivity contribution in [2.24, 2.45) is 0 Å². The average Bonchev–Trinajstić information content (AvgIpc) is 2.24. The van der Waals surface area contributed by atoms with Crippen molar-refractivity contribution in [2.45, 2.75) is 25.6 Å². The smallest absolute Gasteiger partial charge is 0.147 e. The number of carbonyl (C=O) groups is 1. The van der Waals surface area contributed by atoms with Crippen LogP contribution < -0.4 is 5.32 Å². The lowest BCUT2D eigenvalue weighted by molar-refractivity contribution is -0.118. The number of carbonyl (C=O) groups excluding carboxylic acids is 1. The molecule has 1 unspecified atom stereocenters. The molecule has 0 saturated heterocycles. The second-order valence-electron chi connectivity index (χ2n) is 3.84. The molecule has 0 fully saturated rings. The van der Waals surface area contributed by atoms with Gasteiger partial charge in [-0.15, -0.1) is 0 Å². The molecular weight excluding hydrogens is 220 g/mol. The molecule has 0 aliphatic carbocycles. The zero-order chi connectivity index (χ0) is 12.0. The van der Waals surface area contributed by atoms with Crippen molar-refractivity contribution >= 4 is 17.5 Å². The number of pyridine rings is 1. The fourth-order valence-electron chi connectivity index (χ4n) is 1.40. The molecule has 1 atom stereocenters. The van der Waals surface area contributed by atoms with Crippen LogP contribution in [0.15, 0.2) is 18.5 Å². The van der Waals surface area contributed by atoms with Gasteiger partial charge in [0.1, 0.15) is 5.78 Å². The summed E-state index contributed by atoms with van der Waals surface area (Å²) in [5.41, 5.74) is 2.39. The first-order valence-corrected chi connectivity index (χ1v) is 6.45. The molecule has 3 nitrogen and oxygen atoms in total. The van der Waals surface area contributed by atoms with Gasteiger partial charge in [-0.25, -0.2) is 0 Å². The molecule has 0 amide bonds. The molecule has 0 aromatic carbocycles. The van der Waals surface area contributed by atoms with E-state index in [-0.39, 0.29) is 11.8 Å². The molecule has 0 aliphatic rings. The van der Waals surface area contributed by atoms with Gasteiger partial charge in [-0.3, -0.25) is 9.78 Å². The first-order valence-electron chi connectivity index (χ1n) is 5.29. The van der Waals surface area contributed by atoms with E-state index in [1.54, 1.807) is 18.7 Å². The van der Waals surface area contributed by atoms with Crippen LogP contribution >= 0.6 is 11.8 Å². The number of nitrogens with one attached hydrogen (secondary N) is 1. The first kappa shape index (κ1) is 13.2. The molecule has 1 heterocycles. The Morgan fingerprint density at radius 3 is 2.88 bits per heavy atom. The zero-order valence-corrected chi connectivity index (χ0v) is 10.8. The number of Topliss-reactive ketones (excluding diaryl/α,β-unsaturated/α-hetero) is 1. The minimum atomic E-state index is -0.0391. The molecule has 0 radical (unpaired) electrons. The molecule has 0 aliphatic heterocycles. The Balaban J connectivity index is 2.38. The summed E-state index contributed by atoms with van der Waals surface area (Å²) in [6, 6.07) is 2.09.